The molecular weight excluding hydrogens is 300 g/mol. The van der Waals surface area contributed by atoms with Gasteiger partial charge in [0.2, 0.25) is 0 Å². The van der Waals surface area contributed by atoms with Gasteiger partial charge in [0.05, 0.1) is 5.56 Å². The Morgan fingerprint density at radius 2 is 1.17 bits per heavy atom. The molecule has 0 amide bonds. The fraction of sp³-hybridized carbons (Fsp3) is 0.0952. The number of carbonyl (C=O) groups is 1. The quantitative estimate of drug-likeness (QED) is 0.713. The van der Waals surface area contributed by atoms with E-state index in [0.29, 0.717) is 11.1 Å². The number of ether oxygens (including phenoxy) is 1. The van der Waals surface area contributed by atoms with Gasteiger partial charge in [0.25, 0.3) is 0 Å². The van der Waals surface area contributed by atoms with Gasteiger partial charge in [0, 0.05) is 0 Å². The van der Waals surface area contributed by atoms with Crippen molar-refractivity contribution in [3.05, 3.63) is 108 Å². The Balaban J connectivity index is 1.90. The zero-order valence-corrected chi connectivity index (χ0v) is 13.1. The second-order valence-corrected chi connectivity index (χ2v) is 5.46. The number of esters is 1. The first-order valence-electron chi connectivity index (χ1n) is 7.79. The maximum Gasteiger partial charge on any atom is 0.338 e. The van der Waals surface area contributed by atoms with Gasteiger partial charge in [-0.3, -0.25) is 0 Å². The highest BCUT2D eigenvalue weighted by Gasteiger charge is 2.27. The van der Waals surface area contributed by atoms with E-state index in [1.807, 2.05) is 66.7 Å². The summed E-state index contributed by atoms with van der Waals surface area (Å²) < 4.78 is 5.65. The lowest BCUT2D eigenvalue weighted by Gasteiger charge is -2.24. The van der Waals surface area contributed by atoms with E-state index in [1.165, 1.54) is 0 Å². The molecule has 0 aliphatic heterocycles. The zero-order valence-electron chi connectivity index (χ0n) is 13.1. The van der Waals surface area contributed by atoms with E-state index < -0.39 is 18.2 Å². The highest BCUT2D eigenvalue weighted by Crippen LogP contribution is 2.32. The molecule has 24 heavy (non-hydrogen) atoms. The second kappa shape index (κ2) is 7.57. The van der Waals surface area contributed by atoms with Crippen molar-refractivity contribution in [1.82, 2.24) is 0 Å². The van der Waals surface area contributed by atoms with Gasteiger partial charge in [-0.15, -0.1) is 0 Å². The molecule has 0 aliphatic carbocycles. The van der Waals surface area contributed by atoms with Crippen molar-refractivity contribution in [2.45, 2.75) is 12.2 Å². The van der Waals surface area contributed by atoms with Crippen molar-refractivity contribution in [2.24, 2.45) is 0 Å². The molecule has 0 spiro atoms. The van der Waals surface area contributed by atoms with E-state index in [9.17, 15) is 9.90 Å². The average Bonchev–Trinajstić information content (AvgIpc) is 2.67. The molecule has 0 fully saturated rings. The fourth-order valence-corrected chi connectivity index (χ4v) is 2.54. The Morgan fingerprint density at radius 1 is 0.708 bits per heavy atom. The van der Waals surface area contributed by atoms with Gasteiger partial charge in [0.1, 0.15) is 6.10 Å². The van der Waals surface area contributed by atoms with Crippen LogP contribution in [0.15, 0.2) is 91.0 Å². The molecule has 0 heterocycles. The van der Waals surface area contributed by atoms with E-state index in [1.54, 1.807) is 24.3 Å². The van der Waals surface area contributed by atoms with Crippen LogP contribution in [0.25, 0.3) is 0 Å². The first-order chi connectivity index (χ1) is 11.8. The average molecular weight is 318 g/mol. The van der Waals surface area contributed by atoms with Crippen LogP contribution < -0.4 is 0 Å². The lowest BCUT2D eigenvalue weighted by molar-refractivity contribution is -0.0209. The molecule has 3 rings (SSSR count). The molecule has 0 aliphatic rings. The maximum absolute atomic E-state index is 12.4. The van der Waals surface area contributed by atoms with Crippen LogP contribution in [-0.4, -0.2) is 11.1 Å². The third-order valence-corrected chi connectivity index (χ3v) is 3.80. The number of aliphatic hydroxyl groups is 1. The van der Waals surface area contributed by atoms with Crippen LogP contribution in [0.1, 0.15) is 33.7 Å². The van der Waals surface area contributed by atoms with Gasteiger partial charge in [-0.2, -0.15) is 0 Å². The Labute approximate surface area is 141 Å². The molecule has 3 heteroatoms. The smallest absolute Gasteiger partial charge is 0.338 e. The molecule has 2 atom stereocenters. The van der Waals surface area contributed by atoms with Crippen LogP contribution >= 0.6 is 0 Å². The van der Waals surface area contributed by atoms with Gasteiger partial charge in [-0.1, -0.05) is 78.9 Å². The summed E-state index contributed by atoms with van der Waals surface area (Å²) in [4.78, 5) is 12.4. The molecule has 3 aromatic rings. The topological polar surface area (TPSA) is 46.5 Å². The standard InChI is InChI=1S/C21H18O3/c22-19(16-10-4-1-5-11-16)20(17-12-6-2-7-13-17)24-21(23)18-14-8-3-9-15-18/h1-15,19-20,22H/t19-,20-/m1/s1. The minimum Gasteiger partial charge on any atom is -0.451 e. The van der Waals surface area contributed by atoms with Crippen LogP contribution in [0.5, 0.6) is 0 Å². The first kappa shape index (κ1) is 16.0. The Hall–Kier alpha value is -2.91. The second-order valence-electron chi connectivity index (χ2n) is 5.46. The van der Waals surface area contributed by atoms with Crippen LogP contribution in [0, 0.1) is 0 Å². The lowest BCUT2D eigenvalue weighted by atomic mass is 9.98. The van der Waals surface area contributed by atoms with Gasteiger partial charge < -0.3 is 9.84 Å². The van der Waals surface area contributed by atoms with Crippen LogP contribution in [0.4, 0.5) is 0 Å². The van der Waals surface area contributed by atoms with Crippen LogP contribution in [0.2, 0.25) is 0 Å². The predicted octanol–water partition coefficient (Wildman–Crippen LogP) is 4.32. The highest BCUT2D eigenvalue weighted by atomic mass is 16.6. The number of hydrogen-bond donors (Lipinski definition) is 1. The van der Waals surface area contributed by atoms with Gasteiger partial charge in [-0.25, -0.2) is 4.79 Å². The Bertz CT molecular complexity index is 770. The number of aliphatic hydroxyl groups excluding tert-OH is 1. The molecule has 1 N–H and O–H groups in total. The molecule has 0 saturated carbocycles. The summed E-state index contributed by atoms with van der Waals surface area (Å²) in [5.41, 5.74) is 1.91. The Morgan fingerprint density at radius 3 is 1.71 bits per heavy atom. The van der Waals surface area contributed by atoms with E-state index in [4.69, 9.17) is 4.74 Å². The summed E-state index contributed by atoms with van der Waals surface area (Å²) in [6.07, 6.45) is -1.72. The van der Waals surface area contributed by atoms with E-state index in [2.05, 4.69) is 0 Å². The SMILES string of the molecule is O=C(O[C@H](c1ccccc1)[C@H](O)c1ccccc1)c1ccccc1. The van der Waals surface area contributed by atoms with Crippen molar-refractivity contribution >= 4 is 5.97 Å². The molecule has 0 unspecified atom stereocenters. The maximum atomic E-state index is 12.4. The minimum atomic E-state index is -0.943. The van der Waals surface area contributed by atoms with Crippen LogP contribution in [0.3, 0.4) is 0 Å². The molecular formula is C21H18O3. The largest absolute Gasteiger partial charge is 0.451 e. The van der Waals surface area contributed by atoms with Crippen molar-refractivity contribution in [3.63, 3.8) is 0 Å². The normalized spacial score (nSPS) is 13.0. The van der Waals surface area contributed by atoms with Crippen LogP contribution in [-0.2, 0) is 4.74 Å². The zero-order chi connectivity index (χ0) is 16.8. The van der Waals surface area contributed by atoms with Crippen molar-refractivity contribution in [2.75, 3.05) is 0 Å². The van der Waals surface area contributed by atoms with E-state index in [-0.39, 0.29) is 0 Å². The van der Waals surface area contributed by atoms with Crippen molar-refractivity contribution < 1.29 is 14.6 Å². The molecule has 0 aromatic heterocycles. The minimum absolute atomic E-state index is 0.457. The fourth-order valence-electron chi connectivity index (χ4n) is 2.54. The number of hydrogen-bond acceptors (Lipinski definition) is 3. The monoisotopic (exact) mass is 318 g/mol. The lowest BCUT2D eigenvalue weighted by Crippen LogP contribution is -2.18. The van der Waals surface area contributed by atoms with E-state index >= 15 is 0 Å². The van der Waals surface area contributed by atoms with Gasteiger partial charge in [-0.05, 0) is 23.3 Å². The highest BCUT2D eigenvalue weighted by molar-refractivity contribution is 5.89. The number of rotatable bonds is 5. The molecule has 0 saturated heterocycles. The van der Waals surface area contributed by atoms with E-state index in [0.717, 1.165) is 5.56 Å². The summed E-state index contributed by atoms with van der Waals surface area (Å²) in [7, 11) is 0. The van der Waals surface area contributed by atoms with Crippen molar-refractivity contribution in [3.8, 4) is 0 Å². The Kier molecular flexibility index (Phi) is 5.04. The predicted molar refractivity (Wildman–Crippen MR) is 92.4 cm³/mol. The summed E-state index contributed by atoms with van der Waals surface area (Å²) >= 11 is 0. The van der Waals surface area contributed by atoms with Gasteiger partial charge in [0.15, 0.2) is 6.10 Å². The van der Waals surface area contributed by atoms with Gasteiger partial charge >= 0.3 is 5.97 Å². The molecule has 0 radical (unpaired) electrons. The molecule has 0 bridgehead atoms. The molecule has 3 nitrogen and oxygen atoms in total. The molecule has 3 aromatic carbocycles. The third kappa shape index (κ3) is 3.70. The summed E-state index contributed by atoms with van der Waals surface area (Å²) in [5.74, 6) is -0.459. The summed E-state index contributed by atoms with van der Waals surface area (Å²) in [6.45, 7) is 0. The third-order valence-electron chi connectivity index (χ3n) is 3.80. The summed E-state index contributed by atoms with van der Waals surface area (Å²) in [5, 5.41) is 10.8. The number of carbonyl (C=O) groups excluding carboxylic acids is 1. The summed E-state index contributed by atoms with van der Waals surface area (Å²) in [6, 6.07) is 27.3. The molecule has 120 valence electrons. The number of benzene rings is 3. The van der Waals surface area contributed by atoms with Crippen molar-refractivity contribution in [1.29, 1.82) is 0 Å². The first-order valence-corrected chi connectivity index (χ1v) is 7.79.